The van der Waals surface area contributed by atoms with Gasteiger partial charge in [-0.25, -0.2) is 0 Å². The van der Waals surface area contributed by atoms with Crippen molar-refractivity contribution in [3.8, 4) is 0 Å². The minimum absolute atomic E-state index is 0.484. The quantitative estimate of drug-likeness (QED) is 0.382. The molecule has 0 unspecified atom stereocenters. The summed E-state index contributed by atoms with van der Waals surface area (Å²) in [6, 6.07) is 0. The van der Waals surface area contributed by atoms with Crippen molar-refractivity contribution in [3.63, 3.8) is 0 Å². The lowest BCUT2D eigenvalue weighted by atomic mass is 9.95. The molecule has 2 N–H and O–H groups in total. The molecule has 0 fully saturated rings. The topological polar surface area (TPSA) is 60.2 Å². The summed E-state index contributed by atoms with van der Waals surface area (Å²) in [5.74, 6) is -0.497. The van der Waals surface area contributed by atoms with Crippen molar-refractivity contribution < 1.29 is 9.59 Å². The van der Waals surface area contributed by atoms with Gasteiger partial charge in [0.05, 0.1) is 0 Å². The minimum atomic E-state index is -0.497. The number of hydrogen-bond acceptors (Lipinski definition) is 2. The number of hydrogen-bond donors (Lipinski definition) is 1. The number of carbonyl (C=O) groups is 2. The molecule has 0 aromatic carbocycles. The number of allylic oxidation sites excluding steroid dienone is 3. The van der Waals surface area contributed by atoms with Crippen LogP contribution in [0.15, 0.2) is 24.3 Å². The highest BCUT2D eigenvalue weighted by atomic mass is 16.1. The number of nitrogens with two attached hydrogens (primary N) is 1. The van der Waals surface area contributed by atoms with Crippen LogP contribution in [0.25, 0.3) is 0 Å². The molecule has 0 spiro atoms. The van der Waals surface area contributed by atoms with Crippen molar-refractivity contribution in [1.29, 1.82) is 0 Å². The Morgan fingerprint density at radius 3 is 2.33 bits per heavy atom. The van der Waals surface area contributed by atoms with Crippen molar-refractivity contribution in [1.82, 2.24) is 0 Å². The van der Waals surface area contributed by atoms with Crippen LogP contribution in [0.1, 0.15) is 13.8 Å². The Morgan fingerprint density at radius 1 is 1.33 bits per heavy atom. The SMILES string of the molecule is CC(C)(C=O)C=CC=CC(N)=O. The molecule has 66 valence electrons. The molecule has 0 aliphatic carbocycles. The molecule has 12 heavy (non-hydrogen) atoms. The van der Waals surface area contributed by atoms with Crippen molar-refractivity contribution in [2.24, 2.45) is 11.1 Å². The van der Waals surface area contributed by atoms with Gasteiger partial charge in [-0.2, -0.15) is 0 Å². The van der Waals surface area contributed by atoms with Crippen LogP contribution in [0.3, 0.4) is 0 Å². The zero-order valence-electron chi connectivity index (χ0n) is 7.28. The second kappa shape index (κ2) is 4.49. The molecule has 1 amide bonds. The van der Waals surface area contributed by atoms with Gasteiger partial charge in [0.25, 0.3) is 0 Å². The van der Waals surface area contributed by atoms with Gasteiger partial charge in [0.1, 0.15) is 6.29 Å². The van der Waals surface area contributed by atoms with E-state index >= 15 is 0 Å². The smallest absolute Gasteiger partial charge is 0.241 e. The van der Waals surface area contributed by atoms with Crippen molar-refractivity contribution in [2.45, 2.75) is 13.8 Å². The molecule has 0 heterocycles. The lowest BCUT2D eigenvalue weighted by Crippen LogP contribution is -2.08. The maximum Gasteiger partial charge on any atom is 0.241 e. The fraction of sp³-hybridized carbons (Fsp3) is 0.333. The molecule has 3 nitrogen and oxygen atoms in total. The summed E-state index contributed by atoms with van der Waals surface area (Å²) in [4.78, 5) is 20.6. The summed E-state index contributed by atoms with van der Waals surface area (Å²) in [5.41, 5.74) is 4.36. The fourth-order valence-electron chi connectivity index (χ4n) is 0.493. The highest BCUT2D eigenvalue weighted by Gasteiger charge is 2.09. The van der Waals surface area contributed by atoms with Crippen molar-refractivity contribution in [3.05, 3.63) is 24.3 Å². The van der Waals surface area contributed by atoms with Crippen LogP contribution in [0, 0.1) is 5.41 Å². The molecule has 0 aromatic rings. The molecule has 0 saturated heterocycles. The van der Waals surface area contributed by atoms with Gasteiger partial charge in [-0.3, -0.25) is 4.79 Å². The number of amides is 1. The van der Waals surface area contributed by atoms with Crippen molar-refractivity contribution >= 4 is 12.2 Å². The zero-order valence-corrected chi connectivity index (χ0v) is 7.28. The minimum Gasteiger partial charge on any atom is -0.366 e. The van der Waals surface area contributed by atoms with E-state index in [1.807, 2.05) is 0 Å². The average molecular weight is 167 g/mol. The Kier molecular flexibility index (Phi) is 3.97. The van der Waals surface area contributed by atoms with E-state index in [0.717, 1.165) is 6.29 Å². The molecule has 0 atom stereocenters. The Labute approximate surface area is 71.9 Å². The van der Waals surface area contributed by atoms with Gasteiger partial charge in [0.15, 0.2) is 0 Å². The first-order chi connectivity index (χ1) is 5.48. The van der Waals surface area contributed by atoms with Gasteiger partial charge < -0.3 is 10.5 Å². The Morgan fingerprint density at radius 2 is 1.92 bits per heavy atom. The Balaban J connectivity index is 4.08. The normalized spacial score (nSPS) is 12.5. The summed E-state index contributed by atoms with van der Waals surface area (Å²) in [5, 5.41) is 0. The van der Waals surface area contributed by atoms with E-state index in [9.17, 15) is 9.59 Å². The summed E-state index contributed by atoms with van der Waals surface area (Å²) in [6.45, 7) is 3.54. The molecular weight excluding hydrogens is 154 g/mol. The second-order valence-corrected chi connectivity index (χ2v) is 3.06. The van der Waals surface area contributed by atoms with Crippen LogP contribution < -0.4 is 5.73 Å². The van der Waals surface area contributed by atoms with E-state index in [2.05, 4.69) is 0 Å². The number of carbonyl (C=O) groups excluding carboxylic acids is 2. The van der Waals surface area contributed by atoms with Gasteiger partial charge >= 0.3 is 0 Å². The highest BCUT2D eigenvalue weighted by molar-refractivity contribution is 5.86. The van der Waals surface area contributed by atoms with Crippen LogP contribution >= 0.6 is 0 Å². The number of rotatable bonds is 4. The van der Waals surface area contributed by atoms with E-state index < -0.39 is 11.3 Å². The van der Waals surface area contributed by atoms with Gasteiger partial charge in [-0.1, -0.05) is 18.2 Å². The third-order valence-corrected chi connectivity index (χ3v) is 1.20. The van der Waals surface area contributed by atoms with E-state index in [1.165, 1.54) is 12.2 Å². The first-order valence-corrected chi connectivity index (χ1v) is 3.59. The first kappa shape index (κ1) is 10.6. The molecule has 0 aliphatic heterocycles. The predicted molar refractivity (Wildman–Crippen MR) is 47.3 cm³/mol. The van der Waals surface area contributed by atoms with E-state index in [1.54, 1.807) is 26.0 Å². The fourth-order valence-corrected chi connectivity index (χ4v) is 0.493. The Bertz CT molecular complexity index is 227. The molecule has 0 saturated carbocycles. The highest BCUT2D eigenvalue weighted by Crippen LogP contribution is 2.11. The van der Waals surface area contributed by atoms with Crippen LogP contribution in [-0.2, 0) is 9.59 Å². The third kappa shape index (κ3) is 5.41. The standard InChI is InChI=1S/C9H13NO2/c1-9(2,7-11)6-4-3-5-8(10)12/h3-7H,1-2H3,(H2,10,12). The summed E-state index contributed by atoms with van der Waals surface area (Å²) in [6.07, 6.45) is 6.89. The molecule has 0 bridgehead atoms. The van der Waals surface area contributed by atoms with Crippen molar-refractivity contribution in [2.75, 3.05) is 0 Å². The maximum atomic E-state index is 10.4. The number of primary amides is 1. The maximum absolute atomic E-state index is 10.4. The summed E-state index contributed by atoms with van der Waals surface area (Å²) in [7, 11) is 0. The van der Waals surface area contributed by atoms with Gasteiger partial charge in [0, 0.05) is 11.5 Å². The van der Waals surface area contributed by atoms with Crippen LogP contribution in [0.2, 0.25) is 0 Å². The van der Waals surface area contributed by atoms with Crippen LogP contribution in [0.5, 0.6) is 0 Å². The van der Waals surface area contributed by atoms with Gasteiger partial charge in [-0.15, -0.1) is 0 Å². The predicted octanol–water partition coefficient (Wildman–Crippen LogP) is 0.809. The summed E-state index contributed by atoms with van der Waals surface area (Å²) >= 11 is 0. The van der Waals surface area contributed by atoms with Gasteiger partial charge in [0.2, 0.25) is 5.91 Å². The lowest BCUT2D eigenvalue weighted by Gasteiger charge is -2.07. The molecule has 3 heteroatoms. The zero-order chi connectivity index (χ0) is 9.61. The van der Waals surface area contributed by atoms with E-state index in [0.29, 0.717) is 0 Å². The number of aldehydes is 1. The molecular formula is C9H13NO2. The molecule has 0 radical (unpaired) electrons. The molecule has 0 rings (SSSR count). The molecule has 0 aromatic heterocycles. The van der Waals surface area contributed by atoms with Crippen LogP contribution in [-0.4, -0.2) is 12.2 Å². The largest absolute Gasteiger partial charge is 0.366 e. The lowest BCUT2D eigenvalue weighted by molar-refractivity contribution is -0.114. The monoisotopic (exact) mass is 167 g/mol. The summed E-state index contributed by atoms with van der Waals surface area (Å²) < 4.78 is 0. The second-order valence-electron chi connectivity index (χ2n) is 3.06. The van der Waals surface area contributed by atoms with Crippen LogP contribution in [0.4, 0.5) is 0 Å². The van der Waals surface area contributed by atoms with E-state index in [4.69, 9.17) is 5.73 Å². The first-order valence-electron chi connectivity index (χ1n) is 3.59. The third-order valence-electron chi connectivity index (χ3n) is 1.20. The van der Waals surface area contributed by atoms with E-state index in [-0.39, 0.29) is 0 Å². The Hall–Kier alpha value is -1.38. The molecule has 0 aliphatic rings. The van der Waals surface area contributed by atoms with Gasteiger partial charge in [-0.05, 0) is 13.8 Å². The average Bonchev–Trinajstić information content (AvgIpc) is 1.98.